The van der Waals surface area contributed by atoms with Crippen molar-refractivity contribution >= 4 is 23.1 Å². The summed E-state index contributed by atoms with van der Waals surface area (Å²) in [5.74, 6) is 0.287. The van der Waals surface area contributed by atoms with Gasteiger partial charge >= 0.3 is 0 Å². The van der Waals surface area contributed by atoms with Crippen LogP contribution in [-0.2, 0) is 11.2 Å². The second kappa shape index (κ2) is 8.53. The van der Waals surface area contributed by atoms with Crippen LogP contribution >= 0.6 is 11.3 Å². The molecule has 0 saturated heterocycles. The molecular weight excluding hydrogens is 262 g/mol. The van der Waals surface area contributed by atoms with Gasteiger partial charge in [-0.2, -0.15) is 0 Å². The summed E-state index contributed by atoms with van der Waals surface area (Å²) in [6.07, 6.45) is 2.75. The summed E-state index contributed by atoms with van der Waals surface area (Å²) in [5, 5.41) is 13.4. The van der Waals surface area contributed by atoms with Gasteiger partial charge in [0.05, 0.1) is 0 Å². The van der Waals surface area contributed by atoms with Gasteiger partial charge in [-0.3, -0.25) is 4.79 Å². The first-order chi connectivity index (χ1) is 9.17. The van der Waals surface area contributed by atoms with Crippen molar-refractivity contribution in [2.45, 2.75) is 32.6 Å². The summed E-state index contributed by atoms with van der Waals surface area (Å²) in [5.41, 5.74) is 5.40. The maximum atomic E-state index is 12.0. The summed E-state index contributed by atoms with van der Waals surface area (Å²) < 4.78 is 0. The molecule has 0 bridgehead atoms. The van der Waals surface area contributed by atoms with Crippen LogP contribution in [0.4, 0.5) is 0 Å². The number of carbonyl (C=O) groups is 1. The molecule has 1 rings (SSSR count). The molecule has 106 valence electrons. The summed E-state index contributed by atoms with van der Waals surface area (Å²) in [7, 11) is 0. The van der Waals surface area contributed by atoms with Gasteiger partial charge < -0.3 is 15.8 Å². The zero-order chi connectivity index (χ0) is 14.1. The van der Waals surface area contributed by atoms with E-state index in [9.17, 15) is 4.79 Å². The highest BCUT2D eigenvalue weighted by molar-refractivity contribution is 7.09. The van der Waals surface area contributed by atoms with E-state index in [4.69, 9.17) is 10.9 Å². The summed E-state index contributed by atoms with van der Waals surface area (Å²) in [6, 6.07) is 4.11. The van der Waals surface area contributed by atoms with E-state index in [1.54, 1.807) is 16.2 Å². The van der Waals surface area contributed by atoms with Gasteiger partial charge in [-0.25, -0.2) is 0 Å². The second-order valence-corrected chi connectivity index (χ2v) is 5.28. The lowest BCUT2D eigenvalue weighted by molar-refractivity contribution is -0.131. The summed E-state index contributed by atoms with van der Waals surface area (Å²) >= 11 is 1.72. The predicted octanol–water partition coefficient (Wildman–Crippen LogP) is 2.06. The largest absolute Gasteiger partial charge is 0.409 e. The third kappa shape index (κ3) is 5.74. The fourth-order valence-electron chi connectivity index (χ4n) is 1.79. The monoisotopic (exact) mass is 283 g/mol. The van der Waals surface area contributed by atoms with E-state index in [0.29, 0.717) is 25.9 Å². The molecule has 0 fully saturated rings. The number of amidine groups is 1. The molecule has 3 N–H and O–H groups in total. The number of hydrogen-bond acceptors (Lipinski definition) is 4. The number of rotatable bonds is 8. The number of amides is 1. The predicted molar refractivity (Wildman–Crippen MR) is 77.5 cm³/mol. The molecule has 1 heterocycles. The van der Waals surface area contributed by atoms with E-state index < -0.39 is 0 Å². The highest BCUT2D eigenvalue weighted by atomic mass is 32.1. The van der Waals surface area contributed by atoms with Gasteiger partial charge in [-0.1, -0.05) is 11.2 Å². The van der Waals surface area contributed by atoms with Gasteiger partial charge in [0.25, 0.3) is 0 Å². The molecule has 1 aromatic rings. The number of thiophene rings is 1. The van der Waals surface area contributed by atoms with Gasteiger partial charge in [-0.05, 0) is 31.2 Å². The van der Waals surface area contributed by atoms with Gasteiger partial charge in [0.2, 0.25) is 5.91 Å². The Bertz CT molecular complexity index is 404. The van der Waals surface area contributed by atoms with E-state index in [2.05, 4.69) is 11.2 Å². The van der Waals surface area contributed by atoms with Gasteiger partial charge in [0.1, 0.15) is 5.84 Å². The van der Waals surface area contributed by atoms with Crippen LogP contribution in [0.15, 0.2) is 22.7 Å². The molecule has 0 aliphatic carbocycles. The fraction of sp³-hybridized carbons (Fsp3) is 0.538. The van der Waals surface area contributed by atoms with Crippen LogP contribution in [-0.4, -0.2) is 34.9 Å². The van der Waals surface area contributed by atoms with Crippen molar-refractivity contribution in [1.82, 2.24) is 4.90 Å². The lowest BCUT2D eigenvalue weighted by atomic mass is 10.2. The smallest absolute Gasteiger partial charge is 0.222 e. The normalized spacial score (nSPS) is 11.5. The SMILES string of the molecule is CCN(CC/C(N)=N/O)C(=O)CCCc1cccs1. The Hall–Kier alpha value is -1.56. The standard InChI is InChI=1S/C13H21N3O2S/c1-2-16(9-8-12(14)15-18)13(17)7-3-5-11-6-4-10-19-11/h4,6,10,18H,2-3,5,7-9H2,1H3,(H2,14,15). The number of hydrogen-bond donors (Lipinski definition) is 2. The Morgan fingerprint density at radius 1 is 1.53 bits per heavy atom. The van der Waals surface area contributed by atoms with Crippen molar-refractivity contribution < 1.29 is 10.0 Å². The molecule has 0 atom stereocenters. The quantitative estimate of drug-likeness (QED) is 0.332. The number of oxime groups is 1. The first kappa shape index (κ1) is 15.5. The van der Waals surface area contributed by atoms with E-state index >= 15 is 0 Å². The highest BCUT2D eigenvalue weighted by Crippen LogP contribution is 2.12. The molecule has 0 aliphatic rings. The van der Waals surface area contributed by atoms with Crippen molar-refractivity contribution in [3.05, 3.63) is 22.4 Å². The zero-order valence-corrected chi connectivity index (χ0v) is 12.0. The maximum Gasteiger partial charge on any atom is 0.222 e. The molecule has 0 saturated carbocycles. The molecular formula is C13H21N3O2S. The van der Waals surface area contributed by atoms with Crippen LogP contribution < -0.4 is 5.73 Å². The minimum atomic E-state index is 0.129. The Kier molecular flexibility index (Phi) is 6.95. The average Bonchev–Trinajstić information content (AvgIpc) is 2.92. The van der Waals surface area contributed by atoms with E-state index in [1.165, 1.54) is 4.88 Å². The van der Waals surface area contributed by atoms with Crippen molar-refractivity contribution in [2.24, 2.45) is 10.9 Å². The third-order valence-electron chi connectivity index (χ3n) is 2.89. The van der Waals surface area contributed by atoms with Crippen molar-refractivity contribution in [3.63, 3.8) is 0 Å². The number of nitrogens with zero attached hydrogens (tertiary/aromatic N) is 2. The van der Waals surface area contributed by atoms with E-state index in [-0.39, 0.29) is 11.7 Å². The Morgan fingerprint density at radius 2 is 2.32 bits per heavy atom. The minimum Gasteiger partial charge on any atom is -0.409 e. The van der Waals surface area contributed by atoms with E-state index in [1.807, 2.05) is 18.4 Å². The van der Waals surface area contributed by atoms with Crippen LogP contribution in [0, 0.1) is 0 Å². The molecule has 0 spiro atoms. The molecule has 1 amide bonds. The van der Waals surface area contributed by atoms with Crippen molar-refractivity contribution in [2.75, 3.05) is 13.1 Å². The highest BCUT2D eigenvalue weighted by Gasteiger charge is 2.11. The van der Waals surface area contributed by atoms with Crippen LogP contribution in [0.5, 0.6) is 0 Å². The minimum absolute atomic E-state index is 0.129. The molecule has 5 nitrogen and oxygen atoms in total. The summed E-state index contributed by atoms with van der Waals surface area (Å²) in [6.45, 7) is 3.09. The Labute approximate surface area is 117 Å². The van der Waals surface area contributed by atoms with Crippen molar-refractivity contribution in [3.8, 4) is 0 Å². The molecule has 0 aromatic carbocycles. The third-order valence-corrected chi connectivity index (χ3v) is 3.83. The molecule has 0 unspecified atom stereocenters. The Morgan fingerprint density at radius 3 is 2.89 bits per heavy atom. The zero-order valence-electron chi connectivity index (χ0n) is 11.2. The van der Waals surface area contributed by atoms with E-state index in [0.717, 1.165) is 12.8 Å². The van der Waals surface area contributed by atoms with Crippen LogP contribution in [0.25, 0.3) is 0 Å². The van der Waals surface area contributed by atoms with Crippen LogP contribution in [0.2, 0.25) is 0 Å². The lowest BCUT2D eigenvalue weighted by Crippen LogP contribution is -2.33. The first-order valence-corrected chi connectivity index (χ1v) is 7.32. The van der Waals surface area contributed by atoms with Crippen LogP contribution in [0.1, 0.15) is 31.1 Å². The fourth-order valence-corrected chi connectivity index (χ4v) is 2.54. The van der Waals surface area contributed by atoms with Gasteiger partial charge in [-0.15, -0.1) is 11.3 Å². The Balaban J connectivity index is 2.28. The molecule has 1 aromatic heterocycles. The molecule has 6 heteroatoms. The average molecular weight is 283 g/mol. The molecule has 0 aliphatic heterocycles. The number of carbonyl (C=O) groups excluding carboxylic acids is 1. The molecule has 0 radical (unpaired) electrons. The number of nitrogens with two attached hydrogens (primary N) is 1. The summed E-state index contributed by atoms with van der Waals surface area (Å²) in [4.78, 5) is 15.0. The van der Waals surface area contributed by atoms with Crippen molar-refractivity contribution in [1.29, 1.82) is 0 Å². The van der Waals surface area contributed by atoms with Gasteiger partial charge in [0, 0.05) is 30.8 Å². The van der Waals surface area contributed by atoms with Crippen LogP contribution in [0.3, 0.4) is 0 Å². The van der Waals surface area contributed by atoms with Gasteiger partial charge in [0.15, 0.2) is 0 Å². The topological polar surface area (TPSA) is 78.9 Å². The maximum absolute atomic E-state index is 12.0. The second-order valence-electron chi connectivity index (χ2n) is 4.25. The first-order valence-electron chi connectivity index (χ1n) is 6.44. The number of aryl methyl sites for hydroxylation is 1. The molecule has 19 heavy (non-hydrogen) atoms. The lowest BCUT2D eigenvalue weighted by Gasteiger charge is -2.20.